The Bertz CT molecular complexity index is 281. The summed E-state index contributed by atoms with van der Waals surface area (Å²) in [5.74, 6) is -0.209. The van der Waals surface area contributed by atoms with Gasteiger partial charge in [0.25, 0.3) is 0 Å². The van der Waals surface area contributed by atoms with Crippen molar-refractivity contribution in [1.82, 2.24) is 0 Å². The van der Waals surface area contributed by atoms with Gasteiger partial charge in [-0.25, -0.2) is 4.79 Å². The molecule has 0 spiro atoms. The molecule has 0 saturated carbocycles. The molecular formula is C12H20O4. The fourth-order valence-electron chi connectivity index (χ4n) is 1.71. The summed E-state index contributed by atoms with van der Waals surface area (Å²) in [6.07, 6.45) is 1.88. The standard InChI is InChI=1S/C12H20O4/c1-8-10(7-16-12(8)15)5-3-4-6-11(14)9(2)13/h9,11,13-14H,3-7H2,1-2H3/t9-,11+/m0/s1. The van der Waals surface area contributed by atoms with E-state index in [-0.39, 0.29) is 5.97 Å². The molecule has 16 heavy (non-hydrogen) atoms. The molecule has 1 aliphatic rings. The van der Waals surface area contributed by atoms with Crippen LogP contribution < -0.4 is 0 Å². The van der Waals surface area contributed by atoms with Gasteiger partial charge in [-0.3, -0.25) is 0 Å². The van der Waals surface area contributed by atoms with Gasteiger partial charge in [0.2, 0.25) is 0 Å². The minimum absolute atomic E-state index is 0.209. The summed E-state index contributed by atoms with van der Waals surface area (Å²) >= 11 is 0. The molecule has 0 aliphatic carbocycles. The van der Waals surface area contributed by atoms with Crippen LogP contribution in [0.1, 0.15) is 39.5 Å². The number of hydrogen-bond donors (Lipinski definition) is 2. The van der Waals surface area contributed by atoms with Gasteiger partial charge in [-0.05, 0) is 38.7 Å². The number of esters is 1. The predicted octanol–water partition coefficient (Wildman–Crippen LogP) is 1.16. The zero-order valence-electron chi connectivity index (χ0n) is 9.90. The third kappa shape index (κ3) is 3.61. The Kier molecular flexibility index (Phi) is 4.96. The highest BCUT2D eigenvalue weighted by Gasteiger charge is 2.20. The van der Waals surface area contributed by atoms with E-state index < -0.39 is 12.2 Å². The smallest absolute Gasteiger partial charge is 0.334 e. The summed E-state index contributed by atoms with van der Waals surface area (Å²) < 4.78 is 4.89. The number of aliphatic hydroxyl groups is 2. The van der Waals surface area contributed by atoms with Gasteiger partial charge < -0.3 is 14.9 Å². The average Bonchev–Trinajstić information content (AvgIpc) is 2.55. The molecule has 1 rings (SSSR count). The SMILES string of the molecule is CC1=C(CCCC[C@@H](O)[C@H](C)O)COC1=O. The maximum absolute atomic E-state index is 11.1. The van der Waals surface area contributed by atoms with Gasteiger partial charge in [-0.15, -0.1) is 0 Å². The van der Waals surface area contributed by atoms with Crippen LogP contribution in [0.2, 0.25) is 0 Å². The van der Waals surface area contributed by atoms with Crippen LogP contribution in [0, 0.1) is 0 Å². The molecule has 0 bridgehead atoms. The zero-order chi connectivity index (χ0) is 12.1. The summed E-state index contributed by atoms with van der Waals surface area (Å²) in [6.45, 7) is 3.79. The normalized spacial score (nSPS) is 19.9. The van der Waals surface area contributed by atoms with Crippen LogP contribution >= 0.6 is 0 Å². The molecule has 4 heteroatoms. The van der Waals surface area contributed by atoms with Crippen molar-refractivity contribution >= 4 is 5.97 Å². The number of ether oxygens (including phenoxy) is 1. The van der Waals surface area contributed by atoms with Crippen molar-refractivity contribution in [2.75, 3.05) is 6.61 Å². The van der Waals surface area contributed by atoms with E-state index >= 15 is 0 Å². The molecule has 0 aromatic heterocycles. The van der Waals surface area contributed by atoms with Crippen LogP contribution in [0.15, 0.2) is 11.1 Å². The summed E-state index contributed by atoms with van der Waals surface area (Å²) in [5.41, 5.74) is 1.80. The van der Waals surface area contributed by atoms with Crippen molar-refractivity contribution in [2.45, 2.75) is 51.7 Å². The molecule has 4 nitrogen and oxygen atoms in total. The lowest BCUT2D eigenvalue weighted by Crippen LogP contribution is -2.21. The van der Waals surface area contributed by atoms with Crippen molar-refractivity contribution < 1.29 is 19.7 Å². The first-order valence-electron chi connectivity index (χ1n) is 5.74. The molecule has 92 valence electrons. The summed E-state index contributed by atoms with van der Waals surface area (Å²) in [7, 11) is 0. The number of aliphatic hydroxyl groups excluding tert-OH is 2. The molecule has 1 heterocycles. The number of unbranched alkanes of at least 4 members (excludes halogenated alkanes) is 1. The lowest BCUT2D eigenvalue weighted by molar-refractivity contribution is -0.135. The van der Waals surface area contributed by atoms with Crippen LogP contribution in [0.5, 0.6) is 0 Å². The van der Waals surface area contributed by atoms with Gasteiger partial charge in [-0.2, -0.15) is 0 Å². The molecule has 0 amide bonds. The first-order valence-corrected chi connectivity index (χ1v) is 5.74. The van der Waals surface area contributed by atoms with Gasteiger partial charge in [-0.1, -0.05) is 6.42 Å². The van der Waals surface area contributed by atoms with Crippen LogP contribution in [0.25, 0.3) is 0 Å². The maximum atomic E-state index is 11.1. The quantitative estimate of drug-likeness (QED) is 0.529. The van der Waals surface area contributed by atoms with Crippen LogP contribution in [-0.2, 0) is 9.53 Å². The number of hydrogen-bond acceptors (Lipinski definition) is 4. The predicted molar refractivity (Wildman–Crippen MR) is 59.8 cm³/mol. The van der Waals surface area contributed by atoms with Crippen molar-refractivity contribution in [3.63, 3.8) is 0 Å². The Morgan fingerprint density at radius 2 is 2.06 bits per heavy atom. The maximum Gasteiger partial charge on any atom is 0.334 e. The fourth-order valence-corrected chi connectivity index (χ4v) is 1.71. The van der Waals surface area contributed by atoms with E-state index in [2.05, 4.69) is 0 Å². The summed E-state index contributed by atoms with van der Waals surface area (Å²) in [4.78, 5) is 11.1. The molecule has 0 fully saturated rings. The van der Waals surface area contributed by atoms with Crippen molar-refractivity contribution in [3.8, 4) is 0 Å². The minimum Gasteiger partial charge on any atom is -0.458 e. The van der Waals surface area contributed by atoms with Gasteiger partial charge >= 0.3 is 5.97 Å². The van der Waals surface area contributed by atoms with E-state index in [4.69, 9.17) is 9.84 Å². The van der Waals surface area contributed by atoms with E-state index in [1.807, 2.05) is 0 Å². The third-order valence-electron chi connectivity index (χ3n) is 3.00. The summed E-state index contributed by atoms with van der Waals surface area (Å²) in [5, 5.41) is 18.5. The Morgan fingerprint density at radius 3 is 2.56 bits per heavy atom. The van der Waals surface area contributed by atoms with E-state index in [1.165, 1.54) is 0 Å². The molecule has 0 aromatic carbocycles. The number of carbonyl (C=O) groups is 1. The van der Waals surface area contributed by atoms with Gasteiger partial charge in [0, 0.05) is 5.57 Å². The number of rotatable bonds is 6. The highest BCUT2D eigenvalue weighted by molar-refractivity contribution is 5.90. The molecule has 0 aromatic rings. The lowest BCUT2D eigenvalue weighted by Gasteiger charge is -2.12. The molecule has 2 atom stereocenters. The Hall–Kier alpha value is -0.870. The molecular weight excluding hydrogens is 208 g/mol. The van der Waals surface area contributed by atoms with E-state index in [1.54, 1.807) is 13.8 Å². The molecule has 2 N–H and O–H groups in total. The van der Waals surface area contributed by atoms with Gasteiger partial charge in [0.1, 0.15) is 6.61 Å². The van der Waals surface area contributed by atoms with Crippen LogP contribution in [0.3, 0.4) is 0 Å². The lowest BCUT2D eigenvalue weighted by atomic mass is 10.0. The molecule has 1 aliphatic heterocycles. The number of carbonyl (C=O) groups excluding carboxylic acids is 1. The molecule has 0 saturated heterocycles. The van der Waals surface area contributed by atoms with Crippen molar-refractivity contribution in [3.05, 3.63) is 11.1 Å². The highest BCUT2D eigenvalue weighted by atomic mass is 16.5. The fraction of sp³-hybridized carbons (Fsp3) is 0.750. The minimum atomic E-state index is -0.669. The van der Waals surface area contributed by atoms with E-state index in [0.717, 1.165) is 30.4 Å². The Balaban J connectivity index is 2.19. The first kappa shape index (κ1) is 13.2. The van der Waals surface area contributed by atoms with Crippen LogP contribution in [0.4, 0.5) is 0 Å². The average molecular weight is 228 g/mol. The molecule has 0 radical (unpaired) electrons. The number of cyclic esters (lactones) is 1. The largest absolute Gasteiger partial charge is 0.458 e. The van der Waals surface area contributed by atoms with Crippen molar-refractivity contribution in [1.29, 1.82) is 0 Å². The molecule has 0 unspecified atom stereocenters. The first-order chi connectivity index (χ1) is 7.52. The second-order valence-electron chi connectivity index (χ2n) is 4.36. The Labute approximate surface area is 95.9 Å². The van der Waals surface area contributed by atoms with Gasteiger partial charge in [0.05, 0.1) is 12.2 Å². The monoisotopic (exact) mass is 228 g/mol. The highest BCUT2D eigenvalue weighted by Crippen LogP contribution is 2.21. The summed E-state index contributed by atoms with van der Waals surface area (Å²) in [6, 6.07) is 0. The Morgan fingerprint density at radius 1 is 1.38 bits per heavy atom. The second-order valence-corrected chi connectivity index (χ2v) is 4.36. The second kappa shape index (κ2) is 6.01. The third-order valence-corrected chi connectivity index (χ3v) is 3.00. The topological polar surface area (TPSA) is 66.8 Å². The van der Waals surface area contributed by atoms with Crippen molar-refractivity contribution in [2.24, 2.45) is 0 Å². The zero-order valence-corrected chi connectivity index (χ0v) is 9.90. The van der Waals surface area contributed by atoms with Crippen LogP contribution in [-0.4, -0.2) is 35.0 Å². The van der Waals surface area contributed by atoms with E-state index in [0.29, 0.717) is 13.0 Å². The van der Waals surface area contributed by atoms with Gasteiger partial charge in [0.15, 0.2) is 0 Å². The van der Waals surface area contributed by atoms with E-state index in [9.17, 15) is 9.90 Å².